The van der Waals surface area contributed by atoms with Gasteiger partial charge < -0.3 is 14.8 Å². The van der Waals surface area contributed by atoms with Gasteiger partial charge in [-0.15, -0.1) is 10.1 Å². The van der Waals surface area contributed by atoms with Crippen molar-refractivity contribution in [3.05, 3.63) is 33.9 Å². The van der Waals surface area contributed by atoms with Crippen LogP contribution >= 0.6 is 0 Å². The highest BCUT2D eigenvalue weighted by Crippen LogP contribution is 2.32. The molecule has 22 heavy (non-hydrogen) atoms. The number of carbonyl (C=O) groups is 1. The first-order chi connectivity index (χ1) is 10.5. The van der Waals surface area contributed by atoms with Crippen LogP contribution in [-0.2, 0) is 16.1 Å². The molecule has 120 valence electrons. The molecule has 0 spiro atoms. The summed E-state index contributed by atoms with van der Waals surface area (Å²) in [5.41, 5.74) is 1.12. The van der Waals surface area contributed by atoms with Crippen molar-refractivity contribution in [3.63, 3.8) is 0 Å². The molecule has 1 atom stereocenters. The van der Waals surface area contributed by atoms with Gasteiger partial charge >= 0.3 is 11.1 Å². The van der Waals surface area contributed by atoms with E-state index in [4.69, 9.17) is 9.47 Å². The second-order valence-electron chi connectivity index (χ2n) is 5.04. The Morgan fingerprint density at radius 3 is 3.00 bits per heavy atom. The zero-order chi connectivity index (χ0) is 15.9. The van der Waals surface area contributed by atoms with Gasteiger partial charge in [0.05, 0.1) is 0 Å². The predicted molar refractivity (Wildman–Crippen MR) is 76.1 cm³/mol. The Balaban J connectivity index is 1.66. The average Bonchev–Trinajstić information content (AvgIpc) is 2.90. The highest BCUT2D eigenvalue weighted by Gasteiger charge is 2.14. The van der Waals surface area contributed by atoms with E-state index in [0.29, 0.717) is 13.0 Å². The molecular weight excluding hydrogens is 292 g/mol. The minimum absolute atomic E-state index is 0.0186. The summed E-state index contributed by atoms with van der Waals surface area (Å²) >= 11 is 0. The van der Waals surface area contributed by atoms with Gasteiger partial charge in [-0.25, -0.2) is 4.84 Å². The Morgan fingerprint density at radius 1 is 1.45 bits per heavy atom. The van der Waals surface area contributed by atoms with Crippen LogP contribution in [-0.4, -0.2) is 30.4 Å². The molecule has 0 bridgehead atoms. The van der Waals surface area contributed by atoms with Crippen LogP contribution in [0.1, 0.15) is 25.3 Å². The molecule has 2 rings (SSSR count). The Morgan fingerprint density at radius 2 is 2.23 bits per heavy atom. The van der Waals surface area contributed by atoms with Gasteiger partial charge in [-0.2, -0.15) is 0 Å². The van der Waals surface area contributed by atoms with Crippen molar-refractivity contribution in [2.75, 3.05) is 13.3 Å². The second kappa shape index (κ2) is 7.60. The molecule has 1 unspecified atom stereocenters. The highest BCUT2D eigenvalue weighted by molar-refractivity contribution is 5.68. The van der Waals surface area contributed by atoms with E-state index in [1.54, 1.807) is 0 Å². The van der Waals surface area contributed by atoms with E-state index in [2.05, 4.69) is 10.2 Å². The van der Waals surface area contributed by atoms with Gasteiger partial charge in [0.15, 0.2) is 11.5 Å². The molecule has 1 aliphatic heterocycles. The van der Waals surface area contributed by atoms with E-state index in [-0.39, 0.29) is 19.3 Å². The van der Waals surface area contributed by atoms with E-state index < -0.39 is 11.1 Å². The van der Waals surface area contributed by atoms with Crippen LogP contribution in [0.15, 0.2) is 18.2 Å². The van der Waals surface area contributed by atoms with E-state index in [9.17, 15) is 14.9 Å². The summed E-state index contributed by atoms with van der Waals surface area (Å²) in [5.74, 6) is 0.691. The summed E-state index contributed by atoms with van der Waals surface area (Å²) in [7, 11) is 0. The fraction of sp³-hybridized carbons (Fsp3) is 0.500. The normalized spacial score (nSPS) is 13.7. The lowest BCUT2D eigenvalue weighted by atomic mass is 10.1. The maximum absolute atomic E-state index is 11.0. The van der Waals surface area contributed by atoms with Gasteiger partial charge in [0.25, 0.3) is 0 Å². The van der Waals surface area contributed by atoms with Crippen molar-refractivity contribution < 1.29 is 24.2 Å². The third-order valence-corrected chi connectivity index (χ3v) is 3.21. The van der Waals surface area contributed by atoms with E-state index in [0.717, 1.165) is 23.5 Å². The van der Waals surface area contributed by atoms with Crippen molar-refractivity contribution in [3.8, 4) is 11.5 Å². The summed E-state index contributed by atoms with van der Waals surface area (Å²) in [4.78, 5) is 24.8. The third kappa shape index (κ3) is 4.88. The van der Waals surface area contributed by atoms with Gasteiger partial charge in [0.1, 0.15) is 0 Å². The first-order valence-electron chi connectivity index (χ1n) is 7.01. The molecule has 0 amide bonds. The van der Waals surface area contributed by atoms with Crippen LogP contribution in [0.25, 0.3) is 0 Å². The molecule has 1 heterocycles. The van der Waals surface area contributed by atoms with E-state index in [1.165, 1.54) is 0 Å². The smallest absolute Gasteiger partial charge is 0.303 e. The van der Waals surface area contributed by atoms with E-state index in [1.807, 2.05) is 25.1 Å². The summed E-state index contributed by atoms with van der Waals surface area (Å²) in [6.07, 6.45) is 1.30. The molecule has 1 aliphatic rings. The molecule has 1 aromatic rings. The SMILES string of the molecule is CC(Cc1ccc2c(c1)OCO2)NCCCC(=O)O[N+](=O)[O-]. The lowest BCUT2D eigenvalue weighted by molar-refractivity contribution is -0.729. The fourth-order valence-corrected chi connectivity index (χ4v) is 2.20. The number of nitrogens with one attached hydrogen (secondary N) is 1. The standard InChI is InChI=1S/C14H18N2O6/c1-10(15-6-2-3-14(17)22-16(18)19)7-11-4-5-12-13(8-11)21-9-20-12/h4-5,8,10,15H,2-3,6-7,9H2,1H3. The molecule has 1 N–H and O–H groups in total. The zero-order valence-corrected chi connectivity index (χ0v) is 12.2. The monoisotopic (exact) mass is 310 g/mol. The van der Waals surface area contributed by atoms with Gasteiger partial charge in [0, 0.05) is 12.5 Å². The summed E-state index contributed by atoms with van der Waals surface area (Å²) in [6, 6.07) is 6.03. The van der Waals surface area contributed by atoms with Crippen molar-refractivity contribution >= 4 is 5.97 Å². The first kappa shape index (κ1) is 16.0. The van der Waals surface area contributed by atoms with Crippen LogP contribution < -0.4 is 14.8 Å². The highest BCUT2D eigenvalue weighted by atomic mass is 17.0. The lowest BCUT2D eigenvalue weighted by Gasteiger charge is -2.14. The Kier molecular flexibility index (Phi) is 5.54. The van der Waals surface area contributed by atoms with Crippen LogP contribution in [0.3, 0.4) is 0 Å². The second-order valence-corrected chi connectivity index (χ2v) is 5.04. The fourth-order valence-electron chi connectivity index (χ4n) is 2.20. The summed E-state index contributed by atoms with van der Waals surface area (Å²) in [6.45, 7) is 2.87. The largest absolute Gasteiger partial charge is 0.454 e. The van der Waals surface area contributed by atoms with Crippen molar-refractivity contribution in [1.82, 2.24) is 5.32 Å². The topological polar surface area (TPSA) is 99.9 Å². The molecule has 0 saturated carbocycles. The molecule has 1 aromatic carbocycles. The maximum Gasteiger partial charge on any atom is 0.303 e. The number of carbonyl (C=O) groups excluding carboxylic acids is 1. The zero-order valence-electron chi connectivity index (χ0n) is 12.2. The molecule has 0 fully saturated rings. The molecule has 0 aromatic heterocycles. The molecule has 0 radical (unpaired) electrons. The number of hydrogen-bond donors (Lipinski definition) is 1. The Bertz CT molecular complexity index is 548. The van der Waals surface area contributed by atoms with Crippen LogP contribution in [0.4, 0.5) is 0 Å². The van der Waals surface area contributed by atoms with Gasteiger partial charge in [-0.1, -0.05) is 6.07 Å². The molecule has 0 aliphatic carbocycles. The lowest BCUT2D eigenvalue weighted by Crippen LogP contribution is -2.29. The molecular formula is C14H18N2O6. The number of ether oxygens (including phenoxy) is 2. The van der Waals surface area contributed by atoms with Crippen molar-refractivity contribution in [1.29, 1.82) is 0 Å². The Labute approximate surface area is 127 Å². The van der Waals surface area contributed by atoms with Gasteiger partial charge in [0.2, 0.25) is 6.79 Å². The number of benzene rings is 1. The molecule has 8 nitrogen and oxygen atoms in total. The number of rotatable bonds is 8. The minimum atomic E-state index is -1.09. The number of fused-ring (bicyclic) bond motifs is 1. The third-order valence-electron chi connectivity index (χ3n) is 3.21. The van der Waals surface area contributed by atoms with Crippen LogP contribution in [0.5, 0.6) is 11.5 Å². The van der Waals surface area contributed by atoms with Gasteiger partial charge in [-0.3, -0.25) is 4.79 Å². The summed E-state index contributed by atoms with van der Waals surface area (Å²) < 4.78 is 10.6. The van der Waals surface area contributed by atoms with Crippen molar-refractivity contribution in [2.24, 2.45) is 0 Å². The quantitative estimate of drug-likeness (QED) is 0.440. The predicted octanol–water partition coefficient (Wildman–Crippen LogP) is 1.45. The summed E-state index contributed by atoms with van der Waals surface area (Å²) in [5, 5.41) is 12.1. The Hall–Kier alpha value is -2.35. The first-order valence-corrected chi connectivity index (χ1v) is 7.01. The van der Waals surface area contributed by atoms with Gasteiger partial charge in [-0.05, 0) is 44.0 Å². The molecule has 0 saturated heterocycles. The number of nitrogens with zero attached hydrogens (tertiary/aromatic N) is 1. The minimum Gasteiger partial charge on any atom is -0.454 e. The average molecular weight is 310 g/mol. The maximum atomic E-state index is 11.0. The van der Waals surface area contributed by atoms with Crippen molar-refractivity contribution in [2.45, 2.75) is 32.2 Å². The molecule has 8 heteroatoms. The van der Waals surface area contributed by atoms with Crippen LogP contribution in [0.2, 0.25) is 0 Å². The number of hydrogen-bond acceptors (Lipinski definition) is 7. The van der Waals surface area contributed by atoms with E-state index >= 15 is 0 Å². The van der Waals surface area contributed by atoms with Crippen LogP contribution in [0, 0.1) is 10.1 Å².